The summed E-state index contributed by atoms with van der Waals surface area (Å²) in [5, 5.41) is 13.4. The van der Waals surface area contributed by atoms with Crippen molar-refractivity contribution < 1.29 is 18.1 Å². The molecule has 0 heterocycles. The van der Waals surface area contributed by atoms with E-state index in [9.17, 15) is 23.3 Å². The highest BCUT2D eigenvalue weighted by Crippen LogP contribution is 2.28. The number of aryl methyl sites for hydroxylation is 2. The zero-order chi connectivity index (χ0) is 20.4. The fourth-order valence-corrected chi connectivity index (χ4v) is 3.74. The second-order valence-corrected chi connectivity index (χ2v) is 8.29. The zero-order valence-electron chi connectivity index (χ0n) is 14.9. The SMILES string of the molecule is Cc1cccc(C)c1N(CC(=O)Nc1cc([N+](=O)[O-])ccc1Cl)S(C)(=O)=O. The summed E-state index contributed by atoms with van der Waals surface area (Å²) >= 11 is 5.97. The maximum Gasteiger partial charge on any atom is 0.271 e. The van der Waals surface area contributed by atoms with Gasteiger partial charge >= 0.3 is 0 Å². The molecule has 27 heavy (non-hydrogen) atoms. The Morgan fingerprint density at radius 2 is 1.81 bits per heavy atom. The van der Waals surface area contributed by atoms with Crippen LogP contribution in [0.5, 0.6) is 0 Å². The van der Waals surface area contributed by atoms with Crippen LogP contribution in [-0.4, -0.2) is 32.0 Å². The van der Waals surface area contributed by atoms with Gasteiger partial charge in [-0.2, -0.15) is 0 Å². The molecule has 0 aliphatic rings. The van der Waals surface area contributed by atoms with E-state index in [1.165, 1.54) is 12.1 Å². The molecule has 2 aromatic rings. The molecule has 0 aliphatic heterocycles. The van der Waals surface area contributed by atoms with Crippen LogP contribution in [0.25, 0.3) is 0 Å². The number of hydrogen-bond donors (Lipinski definition) is 1. The van der Waals surface area contributed by atoms with Crippen molar-refractivity contribution >= 4 is 44.6 Å². The molecule has 0 spiro atoms. The molecule has 8 nitrogen and oxygen atoms in total. The van der Waals surface area contributed by atoms with Crippen molar-refractivity contribution in [1.29, 1.82) is 0 Å². The molecule has 10 heteroatoms. The number of nitrogens with zero attached hydrogens (tertiary/aromatic N) is 2. The van der Waals surface area contributed by atoms with Crippen LogP contribution in [-0.2, 0) is 14.8 Å². The quantitative estimate of drug-likeness (QED) is 0.579. The number of carbonyl (C=O) groups is 1. The molecule has 0 aromatic heterocycles. The molecule has 0 radical (unpaired) electrons. The van der Waals surface area contributed by atoms with E-state index < -0.39 is 27.4 Å². The smallest absolute Gasteiger partial charge is 0.271 e. The zero-order valence-corrected chi connectivity index (χ0v) is 16.5. The van der Waals surface area contributed by atoms with Crippen molar-refractivity contribution in [3.63, 3.8) is 0 Å². The van der Waals surface area contributed by atoms with Crippen LogP contribution in [0.2, 0.25) is 5.02 Å². The van der Waals surface area contributed by atoms with E-state index >= 15 is 0 Å². The molecule has 0 bridgehead atoms. The van der Waals surface area contributed by atoms with E-state index in [-0.39, 0.29) is 16.4 Å². The molecule has 0 saturated heterocycles. The average molecular weight is 412 g/mol. The second kappa shape index (κ2) is 7.93. The first-order valence-electron chi connectivity index (χ1n) is 7.78. The van der Waals surface area contributed by atoms with Gasteiger partial charge in [0.05, 0.1) is 27.6 Å². The first-order chi connectivity index (χ1) is 12.5. The van der Waals surface area contributed by atoms with Crippen molar-refractivity contribution in [1.82, 2.24) is 0 Å². The number of nitro groups is 1. The van der Waals surface area contributed by atoms with E-state index in [4.69, 9.17) is 11.6 Å². The van der Waals surface area contributed by atoms with Crippen molar-refractivity contribution in [3.05, 3.63) is 62.7 Å². The summed E-state index contributed by atoms with van der Waals surface area (Å²) in [6.45, 7) is 3.00. The number of nitrogens with one attached hydrogen (secondary N) is 1. The number of halogens is 1. The average Bonchev–Trinajstić information content (AvgIpc) is 2.54. The topological polar surface area (TPSA) is 110 Å². The van der Waals surface area contributed by atoms with Gasteiger partial charge in [-0.25, -0.2) is 8.42 Å². The third kappa shape index (κ3) is 4.95. The number of nitro benzene ring substituents is 1. The molecule has 0 fully saturated rings. The lowest BCUT2D eigenvalue weighted by Gasteiger charge is -2.25. The minimum atomic E-state index is -3.75. The summed E-state index contributed by atoms with van der Waals surface area (Å²) in [7, 11) is -3.75. The van der Waals surface area contributed by atoms with Gasteiger partial charge in [0, 0.05) is 12.1 Å². The number of hydrogen-bond acceptors (Lipinski definition) is 5. The molecule has 1 amide bonds. The molecule has 1 N–H and O–H groups in total. The third-order valence-electron chi connectivity index (χ3n) is 3.81. The summed E-state index contributed by atoms with van der Waals surface area (Å²) < 4.78 is 25.5. The Kier molecular flexibility index (Phi) is 6.07. The first-order valence-corrected chi connectivity index (χ1v) is 10.0. The molecule has 0 unspecified atom stereocenters. The second-order valence-electron chi connectivity index (χ2n) is 5.98. The van der Waals surface area contributed by atoms with E-state index in [0.717, 1.165) is 16.6 Å². The molecular formula is C17H18ClN3O5S. The predicted octanol–water partition coefficient (Wildman–Crippen LogP) is 3.27. The van der Waals surface area contributed by atoms with E-state index in [0.29, 0.717) is 16.8 Å². The van der Waals surface area contributed by atoms with Gasteiger partial charge in [0.2, 0.25) is 15.9 Å². The van der Waals surface area contributed by atoms with Gasteiger partial charge < -0.3 is 5.32 Å². The van der Waals surface area contributed by atoms with Gasteiger partial charge in [0.25, 0.3) is 5.69 Å². The number of amides is 1. The van der Waals surface area contributed by atoms with Crippen LogP contribution in [0, 0.1) is 24.0 Å². The summed E-state index contributed by atoms with van der Waals surface area (Å²) in [6.07, 6.45) is 1.01. The Morgan fingerprint density at radius 1 is 1.22 bits per heavy atom. The van der Waals surface area contributed by atoms with Gasteiger partial charge in [-0.05, 0) is 31.0 Å². The number of non-ortho nitro benzene ring substituents is 1. The van der Waals surface area contributed by atoms with Crippen molar-refractivity contribution in [3.8, 4) is 0 Å². The van der Waals surface area contributed by atoms with Crippen LogP contribution >= 0.6 is 11.6 Å². The monoisotopic (exact) mass is 411 g/mol. The Balaban J connectivity index is 2.34. The number of anilines is 2. The first kappa shape index (κ1) is 20.7. The fourth-order valence-electron chi connectivity index (χ4n) is 2.60. The van der Waals surface area contributed by atoms with Crippen molar-refractivity contribution in [2.45, 2.75) is 13.8 Å². The van der Waals surface area contributed by atoms with E-state index in [1.54, 1.807) is 32.0 Å². The number of para-hydroxylation sites is 1. The number of carbonyl (C=O) groups excluding carboxylic acids is 1. The van der Waals surface area contributed by atoms with Crippen LogP contribution in [0.3, 0.4) is 0 Å². The maximum absolute atomic E-state index is 12.5. The highest BCUT2D eigenvalue weighted by molar-refractivity contribution is 7.92. The van der Waals surface area contributed by atoms with Crippen molar-refractivity contribution in [2.75, 3.05) is 22.4 Å². The summed E-state index contributed by atoms with van der Waals surface area (Å²) in [5.74, 6) is -0.675. The van der Waals surface area contributed by atoms with Gasteiger partial charge in [-0.15, -0.1) is 0 Å². The summed E-state index contributed by atoms with van der Waals surface area (Å²) in [6, 6.07) is 8.89. The lowest BCUT2D eigenvalue weighted by atomic mass is 10.1. The van der Waals surface area contributed by atoms with Crippen LogP contribution in [0.1, 0.15) is 11.1 Å². The maximum atomic E-state index is 12.5. The minimum Gasteiger partial charge on any atom is -0.323 e. The lowest BCUT2D eigenvalue weighted by Crippen LogP contribution is -2.38. The van der Waals surface area contributed by atoms with Crippen LogP contribution in [0.4, 0.5) is 17.1 Å². The van der Waals surface area contributed by atoms with Gasteiger partial charge in [-0.1, -0.05) is 29.8 Å². The molecule has 2 rings (SSSR count). The minimum absolute atomic E-state index is 0.0332. The molecule has 144 valence electrons. The van der Waals surface area contributed by atoms with Crippen LogP contribution < -0.4 is 9.62 Å². The number of sulfonamides is 1. The molecule has 0 aliphatic carbocycles. The van der Waals surface area contributed by atoms with Gasteiger partial charge in [0.15, 0.2) is 0 Å². The third-order valence-corrected chi connectivity index (χ3v) is 5.25. The Bertz CT molecular complexity index is 987. The largest absolute Gasteiger partial charge is 0.323 e. The number of rotatable bonds is 6. The highest BCUT2D eigenvalue weighted by atomic mass is 35.5. The standard InChI is InChI=1S/C17H18ClN3O5S/c1-11-5-4-6-12(2)17(11)20(27(3,25)26)10-16(22)19-15-9-13(21(23)24)7-8-14(15)18/h4-9H,10H2,1-3H3,(H,19,22). The van der Waals surface area contributed by atoms with Crippen molar-refractivity contribution in [2.24, 2.45) is 0 Å². The van der Waals surface area contributed by atoms with E-state index in [1.807, 2.05) is 0 Å². The van der Waals surface area contributed by atoms with Gasteiger partial charge in [0.1, 0.15) is 6.54 Å². The summed E-state index contributed by atoms with van der Waals surface area (Å²) in [4.78, 5) is 22.7. The fraction of sp³-hybridized carbons (Fsp3) is 0.235. The normalized spacial score (nSPS) is 11.1. The molecule has 0 atom stereocenters. The summed E-state index contributed by atoms with van der Waals surface area (Å²) in [5.41, 5.74) is 1.60. The van der Waals surface area contributed by atoms with Crippen LogP contribution in [0.15, 0.2) is 36.4 Å². The molecule has 2 aromatic carbocycles. The lowest BCUT2D eigenvalue weighted by molar-refractivity contribution is -0.384. The highest BCUT2D eigenvalue weighted by Gasteiger charge is 2.24. The van der Waals surface area contributed by atoms with E-state index in [2.05, 4.69) is 5.32 Å². The molecule has 0 saturated carbocycles. The Labute approximate surface area is 162 Å². The predicted molar refractivity (Wildman–Crippen MR) is 105 cm³/mol. The Hall–Kier alpha value is -2.65. The molecular weight excluding hydrogens is 394 g/mol. The number of benzene rings is 2. The van der Waals surface area contributed by atoms with Gasteiger partial charge in [-0.3, -0.25) is 19.2 Å². The Morgan fingerprint density at radius 3 is 2.33 bits per heavy atom.